The van der Waals surface area contributed by atoms with Gasteiger partial charge in [-0.15, -0.1) is 0 Å². The summed E-state index contributed by atoms with van der Waals surface area (Å²) in [5, 5.41) is 33.2. The molecular formula is C45H83NO4. The Balaban J connectivity index is 3.75. The van der Waals surface area contributed by atoms with E-state index in [1.165, 1.54) is 128 Å². The first-order chi connectivity index (χ1) is 24.5. The van der Waals surface area contributed by atoms with Gasteiger partial charge in [-0.2, -0.15) is 0 Å². The monoisotopic (exact) mass is 702 g/mol. The van der Waals surface area contributed by atoms with Crippen LogP contribution >= 0.6 is 0 Å². The van der Waals surface area contributed by atoms with Crippen molar-refractivity contribution in [3.05, 3.63) is 48.6 Å². The number of nitrogens with one attached hydrogen (secondary N) is 1. The van der Waals surface area contributed by atoms with Crippen molar-refractivity contribution in [2.45, 2.75) is 225 Å². The van der Waals surface area contributed by atoms with E-state index in [0.717, 1.165) is 51.4 Å². The lowest BCUT2D eigenvalue weighted by Gasteiger charge is -2.20. The van der Waals surface area contributed by atoms with Gasteiger partial charge in [0.05, 0.1) is 31.3 Å². The lowest BCUT2D eigenvalue weighted by molar-refractivity contribution is -0.124. The first kappa shape index (κ1) is 48.3. The van der Waals surface area contributed by atoms with Crippen LogP contribution in [0.5, 0.6) is 0 Å². The minimum Gasteiger partial charge on any atom is -0.394 e. The molecule has 0 aliphatic rings. The Labute approximate surface area is 310 Å². The summed E-state index contributed by atoms with van der Waals surface area (Å²) in [4.78, 5) is 12.4. The average molecular weight is 702 g/mol. The van der Waals surface area contributed by atoms with Gasteiger partial charge in [-0.3, -0.25) is 4.79 Å². The summed E-state index contributed by atoms with van der Waals surface area (Å²) in [7, 11) is 0. The van der Waals surface area contributed by atoms with Crippen LogP contribution in [0.4, 0.5) is 0 Å². The van der Waals surface area contributed by atoms with Crippen molar-refractivity contribution in [3.63, 3.8) is 0 Å². The van der Waals surface area contributed by atoms with Crippen molar-refractivity contribution in [1.29, 1.82) is 0 Å². The summed E-state index contributed by atoms with van der Waals surface area (Å²) in [5.41, 5.74) is 0. The molecule has 0 bridgehead atoms. The van der Waals surface area contributed by atoms with E-state index in [2.05, 4.69) is 55.6 Å². The highest BCUT2D eigenvalue weighted by Crippen LogP contribution is 2.14. The van der Waals surface area contributed by atoms with E-state index in [1.807, 2.05) is 6.08 Å². The van der Waals surface area contributed by atoms with Crippen molar-refractivity contribution in [2.24, 2.45) is 0 Å². The van der Waals surface area contributed by atoms with Gasteiger partial charge >= 0.3 is 0 Å². The molecule has 4 N–H and O–H groups in total. The second-order valence-electron chi connectivity index (χ2n) is 14.6. The third-order valence-corrected chi connectivity index (χ3v) is 9.59. The number of hydrogen-bond acceptors (Lipinski definition) is 4. The van der Waals surface area contributed by atoms with Gasteiger partial charge in [0.1, 0.15) is 0 Å². The topological polar surface area (TPSA) is 89.8 Å². The molecule has 0 radical (unpaired) electrons. The van der Waals surface area contributed by atoms with Crippen LogP contribution in [-0.2, 0) is 4.79 Å². The molecule has 3 unspecified atom stereocenters. The molecule has 0 rings (SSSR count). The molecule has 0 aromatic heterocycles. The van der Waals surface area contributed by atoms with Crippen LogP contribution in [-0.4, -0.2) is 46.1 Å². The first-order valence-corrected chi connectivity index (χ1v) is 21.4. The number of unbranched alkanes of at least 4 members (excludes halogenated alkanes) is 23. The number of hydrogen-bond donors (Lipinski definition) is 4. The minimum atomic E-state index is -0.956. The van der Waals surface area contributed by atoms with Crippen LogP contribution in [0.1, 0.15) is 206 Å². The summed E-state index contributed by atoms with van der Waals surface area (Å²) >= 11 is 0. The molecule has 0 heterocycles. The molecule has 0 saturated carbocycles. The highest BCUT2D eigenvalue weighted by molar-refractivity contribution is 5.76. The average Bonchev–Trinajstić information content (AvgIpc) is 3.11. The highest BCUT2D eigenvalue weighted by Gasteiger charge is 2.20. The Kier molecular flexibility index (Phi) is 38.7. The van der Waals surface area contributed by atoms with Gasteiger partial charge in [-0.05, 0) is 64.2 Å². The minimum absolute atomic E-state index is 0.00508. The summed E-state index contributed by atoms with van der Waals surface area (Å²) in [6.07, 6.45) is 51.0. The fraction of sp³-hybridized carbons (Fsp3) is 0.800. The van der Waals surface area contributed by atoms with E-state index in [9.17, 15) is 20.1 Å². The van der Waals surface area contributed by atoms with E-state index in [0.29, 0.717) is 6.42 Å². The van der Waals surface area contributed by atoms with Crippen molar-refractivity contribution >= 4 is 5.91 Å². The Morgan fingerprint density at radius 3 is 1.44 bits per heavy atom. The van der Waals surface area contributed by atoms with Crippen molar-refractivity contribution < 1.29 is 20.1 Å². The molecule has 0 aliphatic carbocycles. The molecule has 50 heavy (non-hydrogen) atoms. The van der Waals surface area contributed by atoms with E-state index < -0.39 is 18.2 Å². The fourth-order valence-corrected chi connectivity index (χ4v) is 6.27. The lowest BCUT2D eigenvalue weighted by atomic mass is 10.0. The standard InChI is InChI=1S/C45H83NO4/c1-3-5-7-9-11-13-15-17-19-20-21-22-23-25-27-29-31-33-35-37-39-44(49)43(41-47)46-45(50)40-42(48)38-36-34-32-30-28-26-24-18-16-14-12-10-8-6-4-2/h12,14,18,24,29,31,37,39,42-44,47-49H,3-11,13,15-17,19-23,25-28,30,32-36,38,40-41H2,1-2H3,(H,46,50)/b14-12-,24-18-,31-29+,39-37+. The normalized spacial score (nSPS) is 14.1. The summed E-state index contributed by atoms with van der Waals surface area (Å²) in [6, 6.07) is -0.766. The predicted octanol–water partition coefficient (Wildman–Crippen LogP) is 12.2. The second-order valence-corrected chi connectivity index (χ2v) is 14.6. The molecule has 0 fully saturated rings. The van der Waals surface area contributed by atoms with Gasteiger partial charge in [-0.25, -0.2) is 0 Å². The molecule has 5 heteroatoms. The molecule has 5 nitrogen and oxygen atoms in total. The molecule has 0 aliphatic heterocycles. The van der Waals surface area contributed by atoms with Crippen molar-refractivity contribution in [3.8, 4) is 0 Å². The zero-order chi connectivity index (χ0) is 36.6. The van der Waals surface area contributed by atoms with Gasteiger partial charge in [0.25, 0.3) is 0 Å². The van der Waals surface area contributed by atoms with Crippen LogP contribution in [0, 0.1) is 0 Å². The summed E-state index contributed by atoms with van der Waals surface area (Å²) in [6.45, 7) is 4.17. The molecule has 0 aromatic carbocycles. The number of allylic oxidation sites excluding steroid dienone is 7. The maximum Gasteiger partial charge on any atom is 0.222 e. The summed E-state index contributed by atoms with van der Waals surface area (Å²) < 4.78 is 0. The van der Waals surface area contributed by atoms with Crippen molar-refractivity contribution in [2.75, 3.05) is 6.61 Å². The molecule has 0 aromatic rings. The Hall–Kier alpha value is -1.69. The maximum atomic E-state index is 12.4. The predicted molar refractivity (Wildman–Crippen MR) is 217 cm³/mol. The van der Waals surface area contributed by atoms with Gasteiger partial charge in [0, 0.05) is 0 Å². The Morgan fingerprint density at radius 1 is 0.520 bits per heavy atom. The lowest BCUT2D eigenvalue weighted by Crippen LogP contribution is -2.45. The van der Waals surface area contributed by atoms with E-state index >= 15 is 0 Å². The first-order valence-electron chi connectivity index (χ1n) is 21.4. The van der Waals surface area contributed by atoms with Crippen LogP contribution in [0.15, 0.2) is 48.6 Å². The fourth-order valence-electron chi connectivity index (χ4n) is 6.27. The van der Waals surface area contributed by atoms with Crippen LogP contribution in [0.3, 0.4) is 0 Å². The smallest absolute Gasteiger partial charge is 0.222 e. The summed E-state index contributed by atoms with van der Waals surface area (Å²) in [5.74, 6) is -0.335. The van der Waals surface area contributed by atoms with Crippen molar-refractivity contribution in [1.82, 2.24) is 5.32 Å². The van der Waals surface area contributed by atoms with Gasteiger partial charge in [-0.1, -0.05) is 184 Å². The van der Waals surface area contributed by atoms with Gasteiger partial charge < -0.3 is 20.6 Å². The zero-order valence-electron chi connectivity index (χ0n) is 33.0. The number of rotatable bonds is 38. The quantitative estimate of drug-likeness (QED) is 0.0381. The number of carbonyl (C=O) groups excluding carboxylic acids is 1. The molecule has 0 spiro atoms. The largest absolute Gasteiger partial charge is 0.394 e. The molecular weight excluding hydrogens is 618 g/mol. The maximum absolute atomic E-state index is 12.4. The third-order valence-electron chi connectivity index (χ3n) is 9.59. The molecule has 3 atom stereocenters. The van der Waals surface area contributed by atoms with Crippen LogP contribution in [0.2, 0.25) is 0 Å². The van der Waals surface area contributed by atoms with E-state index in [-0.39, 0.29) is 18.9 Å². The second kappa shape index (κ2) is 40.1. The van der Waals surface area contributed by atoms with E-state index in [1.54, 1.807) is 6.08 Å². The molecule has 1 amide bonds. The Morgan fingerprint density at radius 2 is 0.920 bits per heavy atom. The van der Waals surface area contributed by atoms with Gasteiger partial charge in [0.2, 0.25) is 5.91 Å². The number of carbonyl (C=O) groups is 1. The number of amides is 1. The molecule has 0 saturated heterocycles. The Bertz CT molecular complexity index is 820. The zero-order valence-corrected chi connectivity index (χ0v) is 33.0. The van der Waals surface area contributed by atoms with Crippen LogP contribution in [0.25, 0.3) is 0 Å². The third kappa shape index (κ3) is 36.1. The number of aliphatic hydroxyl groups is 3. The highest BCUT2D eigenvalue weighted by atomic mass is 16.3. The number of aliphatic hydroxyl groups excluding tert-OH is 3. The van der Waals surface area contributed by atoms with Gasteiger partial charge in [0.15, 0.2) is 0 Å². The van der Waals surface area contributed by atoms with E-state index in [4.69, 9.17) is 0 Å². The SMILES string of the molecule is CCCCC/C=C\C/C=C\CCCCCCCC(O)CC(=O)NC(CO)C(O)/C=C/CC/C=C/CCCCCCCCCCCCCCCC. The van der Waals surface area contributed by atoms with Crippen LogP contribution < -0.4 is 5.32 Å². The molecule has 292 valence electrons.